The van der Waals surface area contributed by atoms with Crippen LogP contribution >= 0.6 is 0 Å². The van der Waals surface area contributed by atoms with Crippen LogP contribution in [0.2, 0.25) is 0 Å². The van der Waals surface area contributed by atoms with Gasteiger partial charge in [-0.05, 0) is 77.4 Å². The first-order valence-electron chi connectivity index (χ1n) is 8.25. The molecule has 1 unspecified atom stereocenters. The SMILES string of the molecule is Cc1nn(C(C)C)c(-c2ccc3c(c2)C(N(C)C)CC3)c1C. The predicted molar refractivity (Wildman–Crippen MR) is 92.3 cm³/mol. The number of benzene rings is 1. The first-order valence-corrected chi connectivity index (χ1v) is 8.25. The molecule has 1 aromatic heterocycles. The van der Waals surface area contributed by atoms with Gasteiger partial charge in [-0.15, -0.1) is 0 Å². The number of hydrogen-bond acceptors (Lipinski definition) is 2. The van der Waals surface area contributed by atoms with E-state index >= 15 is 0 Å². The van der Waals surface area contributed by atoms with E-state index in [1.165, 1.54) is 40.8 Å². The van der Waals surface area contributed by atoms with E-state index in [1.54, 1.807) is 0 Å². The molecule has 118 valence electrons. The second kappa shape index (κ2) is 5.54. The lowest BCUT2D eigenvalue weighted by molar-refractivity contribution is 0.299. The molecule has 0 saturated carbocycles. The quantitative estimate of drug-likeness (QED) is 0.842. The number of hydrogen-bond donors (Lipinski definition) is 0. The highest BCUT2D eigenvalue weighted by Gasteiger charge is 2.25. The van der Waals surface area contributed by atoms with Crippen molar-refractivity contribution in [3.8, 4) is 11.3 Å². The third-order valence-corrected chi connectivity index (χ3v) is 4.96. The fourth-order valence-electron chi connectivity index (χ4n) is 3.62. The van der Waals surface area contributed by atoms with Gasteiger partial charge in [-0.25, -0.2) is 0 Å². The average Bonchev–Trinajstić information content (AvgIpc) is 3.00. The number of aryl methyl sites for hydroxylation is 2. The molecule has 1 aliphatic rings. The highest BCUT2D eigenvalue weighted by molar-refractivity contribution is 5.66. The number of fused-ring (bicyclic) bond motifs is 1. The Hall–Kier alpha value is -1.61. The largest absolute Gasteiger partial charge is 0.302 e. The maximum atomic E-state index is 4.74. The highest BCUT2D eigenvalue weighted by atomic mass is 15.3. The van der Waals surface area contributed by atoms with Gasteiger partial charge in [0.2, 0.25) is 0 Å². The van der Waals surface area contributed by atoms with Crippen LogP contribution in [0.4, 0.5) is 0 Å². The molecule has 0 spiro atoms. The molecule has 0 fully saturated rings. The summed E-state index contributed by atoms with van der Waals surface area (Å²) < 4.78 is 2.17. The van der Waals surface area contributed by atoms with Gasteiger partial charge in [0.05, 0.1) is 11.4 Å². The van der Waals surface area contributed by atoms with Crippen LogP contribution in [-0.2, 0) is 6.42 Å². The lowest BCUT2D eigenvalue weighted by Gasteiger charge is -2.21. The number of nitrogens with zero attached hydrogens (tertiary/aromatic N) is 3. The maximum absolute atomic E-state index is 4.74. The van der Waals surface area contributed by atoms with Crippen molar-refractivity contribution >= 4 is 0 Å². The third kappa shape index (κ3) is 2.38. The molecule has 1 heterocycles. The highest BCUT2D eigenvalue weighted by Crippen LogP contribution is 2.38. The molecule has 1 aliphatic carbocycles. The van der Waals surface area contributed by atoms with Crippen molar-refractivity contribution in [2.75, 3.05) is 14.1 Å². The molecule has 0 amide bonds. The summed E-state index contributed by atoms with van der Waals surface area (Å²) in [6.45, 7) is 8.69. The van der Waals surface area contributed by atoms with Crippen LogP contribution in [0.25, 0.3) is 11.3 Å². The number of aromatic nitrogens is 2. The minimum Gasteiger partial charge on any atom is -0.302 e. The lowest BCUT2D eigenvalue weighted by Crippen LogP contribution is -2.17. The van der Waals surface area contributed by atoms with Crippen molar-refractivity contribution in [1.82, 2.24) is 14.7 Å². The molecule has 22 heavy (non-hydrogen) atoms. The summed E-state index contributed by atoms with van der Waals surface area (Å²) in [4.78, 5) is 2.34. The second-order valence-electron chi connectivity index (χ2n) is 7.03. The van der Waals surface area contributed by atoms with Crippen molar-refractivity contribution in [3.05, 3.63) is 40.6 Å². The topological polar surface area (TPSA) is 21.1 Å². The molecule has 0 radical (unpaired) electrons. The summed E-state index contributed by atoms with van der Waals surface area (Å²) in [6, 6.07) is 7.92. The van der Waals surface area contributed by atoms with Gasteiger partial charge in [-0.1, -0.05) is 12.1 Å². The predicted octanol–water partition coefficient (Wildman–Crippen LogP) is 4.30. The molecule has 3 nitrogen and oxygen atoms in total. The van der Waals surface area contributed by atoms with E-state index in [1.807, 2.05) is 0 Å². The smallest absolute Gasteiger partial charge is 0.0717 e. The van der Waals surface area contributed by atoms with Crippen LogP contribution < -0.4 is 0 Å². The zero-order valence-corrected chi connectivity index (χ0v) is 14.6. The van der Waals surface area contributed by atoms with E-state index in [4.69, 9.17) is 5.10 Å². The van der Waals surface area contributed by atoms with E-state index in [0.717, 1.165) is 5.69 Å². The number of rotatable bonds is 3. The molecule has 2 aromatic rings. The lowest BCUT2D eigenvalue weighted by atomic mass is 9.99. The Kier molecular flexibility index (Phi) is 3.85. The van der Waals surface area contributed by atoms with Crippen LogP contribution in [0.3, 0.4) is 0 Å². The Morgan fingerprint density at radius 2 is 1.95 bits per heavy atom. The summed E-state index contributed by atoms with van der Waals surface area (Å²) >= 11 is 0. The van der Waals surface area contributed by atoms with E-state index in [-0.39, 0.29) is 0 Å². The summed E-state index contributed by atoms with van der Waals surface area (Å²) in [5.74, 6) is 0. The summed E-state index contributed by atoms with van der Waals surface area (Å²) in [5, 5.41) is 4.74. The first-order chi connectivity index (χ1) is 10.4. The minimum atomic E-state index is 0.375. The van der Waals surface area contributed by atoms with Crippen LogP contribution in [0.15, 0.2) is 18.2 Å². The zero-order chi connectivity index (χ0) is 16.0. The Labute approximate surface area is 133 Å². The van der Waals surface area contributed by atoms with E-state index < -0.39 is 0 Å². The van der Waals surface area contributed by atoms with Crippen LogP contribution in [0.1, 0.15) is 54.7 Å². The summed E-state index contributed by atoms with van der Waals surface area (Å²) in [7, 11) is 4.36. The average molecular weight is 297 g/mol. The van der Waals surface area contributed by atoms with Gasteiger partial charge in [0.15, 0.2) is 0 Å². The first kappa shape index (κ1) is 15.3. The Bertz CT molecular complexity index is 695. The fraction of sp³-hybridized carbons (Fsp3) is 0.526. The molecule has 0 aliphatic heterocycles. The van der Waals surface area contributed by atoms with Crippen LogP contribution in [0.5, 0.6) is 0 Å². The van der Waals surface area contributed by atoms with Crippen molar-refractivity contribution < 1.29 is 0 Å². The normalized spacial score (nSPS) is 17.5. The van der Waals surface area contributed by atoms with Gasteiger partial charge < -0.3 is 4.90 Å². The Balaban J connectivity index is 2.13. The van der Waals surface area contributed by atoms with Crippen molar-refractivity contribution in [2.24, 2.45) is 0 Å². The molecular formula is C19H27N3. The molecule has 1 aromatic carbocycles. The van der Waals surface area contributed by atoms with E-state index in [9.17, 15) is 0 Å². The second-order valence-corrected chi connectivity index (χ2v) is 7.03. The van der Waals surface area contributed by atoms with Crippen LogP contribution in [0, 0.1) is 13.8 Å². The molecule has 0 N–H and O–H groups in total. The minimum absolute atomic E-state index is 0.375. The Morgan fingerprint density at radius 3 is 2.59 bits per heavy atom. The Morgan fingerprint density at radius 1 is 1.23 bits per heavy atom. The summed E-state index contributed by atoms with van der Waals surface area (Å²) in [6.07, 6.45) is 2.42. The standard InChI is InChI=1S/C19H27N3/c1-12(2)22-19(13(3)14(4)20-22)16-8-7-15-9-10-18(21(5)6)17(15)11-16/h7-8,11-12,18H,9-10H2,1-6H3. The third-order valence-electron chi connectivity index (χ3n) is 4.96. The van der Waals surface area contributed by atoms with Crippen molar-refractivity contribution in [1.29, 1.82) is 0 Å². The molecule has 1 atom stereocenters. The molecule has 3 heteroatoms. The monoisotopic (exact) mass is 297 g/mol. The zero-order valence-electron chi connectivity index (χ0n) is 14.6. The van der Waals surface area contributed by atoms with E-state index in [2.05, 4.69) is 69.6 Å². The van der Waals surface area contributed by atoms with Gasteiger partial charge in [0, 0.05) is 17.6 Å². The fourth-order valence-corrected chi connectivity index (χ4v) is 3.62. The molecular weight excluding hydrogens is 270 g/mol. The van der Waals surface area contributed by atoms with Crippen molar-refractivity contribution in [2.45, 2.75) is 52.6 Å². The van der Waals surface area contributed by atoms with Gasteiger partial charge >= 0.3 is 0 Å². The summed E-state index contributed by atoms with van der Waals surface area (Å²) in [5.41, 5.74) is 8.02. The van der Waals surface area contributed by atoms with Gasteiger partial charge in [0.25, 0.3) is 0 Å². The van der Waals surface area contributed by atoms with Crippen LogP contribution in [-0.4, -0.2) is 28.8 Å². The van der Waals surface area contributed by atoms with Gasteiger partial charge in [-0.3, -0.25) is 4.68 Å². The molecule has 3 rings (SSSR count). The van der Waals surface area contributed by atoms with Crippen molar-refractivity contribution in [3.63, 3.8) is 0 Å². The molecule has 0 saturated heterocycles. The molecule has 0 bridgehead atoms. The van der Waals surface area contributed by atoms with E-state index in [0.29, 0.717) is 12.1 Å². The van der Waals surface area contributed by atoms with Gasteiger partial charge in [0.1, 0.15) is 0 Å². The maximum Gasteiger partial charge on any atom is 0.0717 e. The van der Waals surface area contributed by atoms with Gasteiger partial charge in [-0.2, -0.15) is 5.10 Å².